The normalized spacial score (nSPS) is 11.1. The molecule has 0 saturated carbocycles. The Morgan fingerprint density at radius 1 is 1.00 bits per heavy atom. The van der Waals surface area contributed by atoms with Gasteiger partial charge in [0.2, 0.25) is 0 Å². The van der Waals surface area contributed by atoms with Crippen LogP contribution in [0.4, 0.5) is 0 Å². The van der Waals surface area contributed by atoms with Crippen LogP contribution in [0.2, 0.25) is 5.02 Å². The summed E-state index contributed by atoms with van der Waals surface area (Å²) >= 11 is 5.89. The van der Waals surface area contributed by atoms with E-state index in [0.29, 0.717) is 16.1 Å². The van der Waals surface area contributed by atoms with Gasteiger partial charge < -0.3 is 4.42 Å². The second-order valence-corrected chi connectivity index (χ2v) is 6.56. The summed E-state index contributed by atoms with van der Waals surface area (Å²) in [7, 11) is 0. The summed E-state index contributed by atoms with van der Waals surface area (Å²) in [6.07, 6.45) is 5.82. The zero-order valence-electron chi connectivity index (χ0n) is 14.1. The molecule has 0 atom stereocenters. The molecule has 25 heavy (non-hydrogen) atoms. The summed E-state index contributed by atoms with van der Waals surface area (Å²) in [4.78, 5) is 24.9. The number of aromatic nitrogens is 1. The van der Waals surface area contributed by atoms with E-state index in [1.54, 1.807) is 24.3 Å². The Kier molecular flexibility index (Phi) is 5.39. The van der Waals surface area contributed by atoms with Gasteiger partial charge in [-0.15, -0.1) is 0 Å². The van der Waals surface area contributed by atoms with Crippen LogP contribution < -0.4 is 11.3 Å². The van der Waals surface area contributed by atoms with Crippen molar-refractivity contribution in [2.75, 3.05) is 0 Å². The predicted molar refractivity (Wildman–Crippen MR) is 101 cm³/mol. The van der Waals surface area contributed by atoms with Crippen LogP contribution in [0.3, 0.4) is 0 Å². The van der Waals surface area contributed by atoms with E-state index in [0.717, 1.165) is 17.4 Å². The fourth-order valence-corrected chi connectivity index (χ4v) is 3.05. The fraction of sp³-hybridized carbons (Fsp3) is 0.300. The fourth-order valence-electron chi connectivity index (χ4n) is 2.89. The van der Waals surface area contributed by atoms with Gasteiger partial charge in [-0.3, -0.25) is 4.79 Å². The molecule has 0 fully saturated rings. The van der Waals surface area contributed by atoms with Crippen molar-refractivity contribution in [1.29, 1.82) is 0 Å². The highest BCUT2D eigenvalue weighted by Gasteiger charge is 2.11. The second kappa shape index (κ2) is 7.70. The van der Waals surface area contributed by atoms with Gasteiger partial charge >= 0.3 is 5.76 Å². The lowest BCUT2D eigenvalue weighted by Crippen LogP contribution is -2.30. The topological polar surface area (TPSA) is 52.2 Å². The molecule has 0 radical (unpaired) electrons. The van der Waals surface area contributed by atoms with Gasteiger partial charge in [-0.1, -0.05) is 49.9 Å². The van der Waals surface area contributed by atoms with Gasteiger partial charge in [0.15, 0.2) is 0 Å². The molecule has 1 aromatic heterocycles. The van der Waals surface area contributed by atoms with Crippen LogP contribution in [0.25, 0.3) is 16.7 Å². The van der Waals surface area contributed by atoms with E-state index < -0.39 is 11.3 Å². The quantitative estimate of drug-likeness (QED) is 0.600. The number of nitrogens with zero attached hydrogens (tertiary/aromatic N) is 1. The molecule has 0 N–H and O–H groups in total. The first kappa shape index (κ1) is 17.5. The van der Waals surface area contributed by atoms with E-state index in [1.165, 1.54) is 30.9 Å². The Balaban J connectivity index is 1.93. The van der Waals surface area contributed by atoms with Crippen molar-refractivity contribution in [3.05, 3.63) is 74.0 Å². The van der Waals surface area contributed by atoms with E-state index in [-0.39, 0.29) is 5.58 Å². The van der Waals surface area contributed by atoms with Crippen LogP contribution in [-0.4, -0.2) is 4.57 Å². The zero-order valence-corrected chi connectivity index (χ0v) is 14.9. The van der Waals surface area contributed by atoms with Gasteiger partial charge in [-0.05, 0) is 42.7 Å². The third-order valence-corrected chi connectivity index (χ3v) is 4.51. The molecular formula is C20H20ClNO3. The van der Waals surface area contributed by atoms with Crippen molar-refractivity contribution in [2.24, 2.45) is 0 Å². The number of hydrogen-bond acceptors (Lipinski definition) is 3. The van der Waals surface area contributed by atoms with Crippen LogP contribution >= 0.6 is 11.6 Å². The van der Waals surface area contributed by atoms with Gasteiger partial charge in [-0.2, -0.15) is 0 Å². The molecule has 4 nitrogen and oxygen atoms in total. The summed E-state index contributed by atoms with van der Waals surface area (Å²) in [6.45, 7) is 2.19. The summed E-state index contributed by atoms with van der Waals surface area (Å²) in [6, 6.07) is 12.1. The first-order valence-electron chi connectivity index (χ1n) is 8.55. The molecule has 2 aromatic carbocycles. The highest BCUT2D eigenvalue weighted by Crippen LogP contribution is 2.16. The lowest BCUT2D eigenvalue weighted by molar-refractivity contribution is 0.504. The lowest BCUT2D eigenvalue weighted by atomic mass is 10.1. The Labute approximate surface area is 150 Å². The number of aryl methyl sites for hydroxylation is 1. The lowest BCUT2D eigenvalue weighted by Gasteiger charge is -2.07. The SMILES string of the molecule is CCCCCCc1ccc(-n2c(=O)oc3cc(Cl)ccc3c2=O)cc1. The molecule has 130 valence electrons. The van der Waals surface area contributed by atoms with Gasteiger partial charge in [0.1, 0.15) is 5.58 Å². The molecule has 3 aromatic rings. The highest BCUT2D eigenvalue weighted by molar-refractivity contribution is 6.31. The van der Waals surface area contributed by atoms with Crippen LogP contribution in [0.15, 0.2) is 56.5 Å². The molecule has 0 bridgehead atoms. The van der Waals surface area contributed by atoms with Gasteiger partial charge in [0.25, 0.3) is 5.56 Å². The molecule has 5 heteroatoms. The summed E-state index contributed by atoms with van der Waals surface area (Å²) in [5.74, 6) is -0.713. The van der Waals surface area contributed by atoms with Crippen molar-refractivity contribution < 1.29 is 4.42 Å². The minimum absolute atomic E-state index is 0.200. The van der Waals surface area contributed by atoms with Crippen LogP contribution in [0, 0.1) is 0 Å². The number of fused-ring (bicyclic) bond motifs is 1. The minimum Gasteiger partial charge on any atom is -0.409 e. The smallest absolute Gasteiger partial charge is 0.409 e. The number of rotatable bonds is 6. The largest absolute Gasteiger partial charge is 0.426 e. The molecule has 0 aliphatic heterocycles. The van der Waals surface area contributed by atoms with Crippen LogP contribution in [0.1, 0.15) is 38.2 Å². The average molecular weight is 358 g/mol. The Bertz CT molecular complexity index is 986. The van der Waals surface area contributed by atoms with E-state index in [4.69, 9.17) is 16.0 Å². The van der Waals surface area contributed by atoms with E-state index in [2.05, 4.69) is 6.92 Å². The first-order chi connectivity index (χ1) is 12.1. The van der Waals surface area contributed by atoms with Crippen molar-refractivity contribution in [3.8, 4) is 5.69 Å². The Hall–Kier alpha value is -2.33. The Morgan fingerprint density at radius 2 is 1.76 bits per heavy atom. The minimum atomic E-state index is -0.713. The monoisotopic (exact) mass is 357 g/mol. The Morgan fingerprint density at radius 3 is 2.48 bits per heavy atom. The number of hydrogen-bond donors (Lipinski definition) is 0. The van der Waals surface area contributed by atoms with Crippen molar-refractivity contribution in [1.82, 2.24) is 4.57 Å². The van der Waals surface area contributed by atoms with Gasteiger partial charge in [-0.25, -0.2) is 9.36 Å². The number of benzene rings is 2. The molecule has 1 heterocycles. The number of unbranched alkanes of at least 4 members (excludes halogenated alkanes) is 3. The summed E-state index contributed by atoms with van der Waals surface area (Å²) in [5.41, 5.74) is 1.50. The van der Waals surface area contributed by atoms with Crippen molar-refractivity contribution in [3.63, 3.8) is 0 Å². The maximum atomic E-state index is 12.6. The maximum absolute atomic E-state index is 12.6. The molecule has 0 unspecified atom stereocenters. The molecular weight excluding hydrogens is 338 g/mol. The van der Waals surface area contributed by atoms with Crippen LogP contribution in [-0.2, 0) is 6.42 Å². The van der Waals surface area contributed by atoms with E-state index in [1.807, 2.05) is 12.1 Å². The molecule has 0 aliphatic carbocycles. The third-order valence-electron chi connectivity index (χ3n) is 4.27. The van der Waals surface area contributed by atoms with Crippen LogP contribution in [0.5, 0.6) is 0 Å². The highest BCUT2D eigenvalue weighted by atomic mass is 35.5. The molecule has 3 rings (SSSR count). The second-order valence-electron chi connectivity index (χ2n) is 6.13. The maximum Gasteiger partial charge on any atom is 0.426 e. The third kappa shape index (κ3) is 3.85. The van der Waals surface area contributed by atoms with E-state index in [9.17, 15) is 9.59 Å². The number of halogens is 1. The molecule has 0 spiro atoms. The average Bonchev–Trinajstić information content (AvgIpc) is 2.59. The van der Waals surface area contributed by atoms with E-state index >= 15 is 0 Å². The molecule has 0 aliphatic rings. The first-order valence-corrected chi connectivity index (χ1v) is 8.92. The van der Waals surface area contributed by atoms with Crippen molar-refractivity contribution in [2.45, 2.75) is 39.0 Å². The zero-order chi connectivity index (χ0) is 17.8. The molecule has 0 saturated heterocycles. The molecule has 0 amide bonds. The van der Waals surface area contributed by atoms with Gasteiger partial charge in [0.05, 0.1) is 11.1 Å². The standard InChI is InChI=1S/C20H20ClNO3/c1-2-3-4-5-6-14-7-10-16(11-8-14)22-19(23)17-12-9-15(21)13-18(17)25-20(22)24/h7-13H,2-6H2,1H3. The summed E-state index contributed by atoms with van der Waals surface area (Å²) < 4.78 is 6.31. The van der Waals surface area contributed by atoms with Crippen molar-refractivity contribution >= 4 is 22.6 Å². The summed E-state index contributed by atoms with van der Waals surface area (Å²) in [5, 5.41) is 0.743. The predicted octanol–water partition coefficient (Wildman–Crippen LogP) is 4.72. The van der Waals surface area contributed by atoms with Gasteiger partial charge in [0, 0.05) is 11.1 Å².